The Morgan fingerprint density at radius 2 is 1.77 bits per heavy atom. The number of benzene rings is 1. The molecule has 1 aromatic heterocycles. The molecule has 6 heteroatoms. The minimum atomic E-state index is -0.0969. The van der Waals surface area contributed by atoms with Crippen LogP contribution in [0.2, 0.25) is 5.15 Å². The number of rotatable bonds is 3. The molecule has 1 aliphatic rings. The van der Waals surface area contributed by atoms with Gasteiger partial charge in [-0.3, -0.25) is 4.79 Å². The van der Waals surface area contributed by atoms with Gasteiger partial charge < -0.3 is 9.80 Å². The number of para-hydroxylation sites is 2. The van der Waals surface area contributed by atoms with Gasteiger partial charge in [-0.25, -0.2) is 0 Å². The molecule has 0 spiro atoms. The highest BCUT2D eigenvalue weighted by Crippen LogP contribution is 2.39. The van der Waals surface area contributed by atoms with Gasteiger partial charge in [0.2, 0.25) is 0 Å². The third kappa shape index (κ3) is 2.31. The summed E-state index contributed by atoms with van der Waals surface area (Å²) in [4.78, 5) is 16.7. The zero-order valence-corrected chi connectivity index (χ0v) is 13.3. The predicted octanol–water partition coefficient (Wildman–Crippen LogP) is 3.66. The van der Waals surface area contributed by atoms with Crippen LogP contribution < -0.4 is 9.80 Å². The summed E-state index contributed by atoms with van der Waals surface area (Å²) in [5.41, 5.74) is 2.35. The van der Waals surface area contributed by atoms with Crippen molar-refractivity contribution in [1.29, 1.82) is 0 Å². The van der Waals surface area contributed by atoms with E-state index in [1.807, 2.05) is 36.1 Å². The van der Waals surface area contributed by atoms with E-state index in [1.165, 1.54) is 0 Å². The van der Waals surface area contributed by atoms with Crippen molar-refractivity contribution < 1.29 is 4.79 Å². The van der Waals surface area contributed by atoms with Gasteiger partial charge in [0.25, 0.3) is 5.91 Å². The molecule has 22 heavy (non-hydrogen) atoms. The van der Waals surface area contributed by atoms with E-state index in [0.717, 1.165) is 24.3 Å². The summed E-state index contributed by atoms with van der Waals surface area (Å²) in [6.45, 7) is 5.39. The molecule has 1 aliphatic heterocycles. The lowest BCUT2D eigenvalue weighted by Gasteiger charge is -2.25. The fourth-order valence-electron chi connectivity index (χ4n) is 2.77. The maximum Gasteiger partial charge on any atom is 0.262 e. The number of nitrogens with zero attached hydrogens (tertiary/aromatic N) is 4. The first-order valence-corrected chi connectivity index (χ1v) is 7.76. The first-order valence-electron chi connectivity index (χ1n) is 7.39. The van der Waals surface area contributed by atoms with Crippen molar-refractivity contribution in [2.24, 2.45) is 0 Å². The van der Waals surface area contributed by atoms with Gasteiger partial charge in [0, 0.05) is 13.1 Å². The summed E-state index contributed by atoms with van der Waals surface area (Å²) >= 11 is 5.96. The molecule has 0 radical (unpaired) electrons. The molecule has 1 amide bonds. The third-order valence-electron chi connectivity index (χ3n) is 3.70. The topological polar surface area (TPSA) is 49.3 Å². The van der Waals surface area contributed by atoms with E-state index < -0.39 is 0 Å². The molecule has 0 saturated heterocycles. The Balaban J connectivity index is 2.29. The van der Waals surface area contributed by atoms with Crippen LogP contribution in [0, 0.1) is 0 Å². The quantitative estimate of drug-likeness (QED) is 0.867. The first kappa shape index (κ1) is 14.8. The number of anilines is 3. The van der Waals surface area contributed by atoms with Crippen LogP contribution in [0.3, 0.4) is 0 Å². The zero-order valence-electron chi connectivity index (χ0n) is 12.6. The van der Waals surface area contributed by atoms with Crippen LogP contribution in [0.15, 0.2) is 30.3 Å². The van der Waals surface area contributed by atoms with Crippen molar-refractivity contribution in [2.45, 2.75) is 20.3 Å². The summed E-state index contributed by atoms with van der Waals surface area (Å²) in [7, 11) is 0. The van der Waals surface area contributed by atoms with E-state index in [4.69, 9.17) is 11.6 Å². The molecule has 0 fully saturated rings. The van der Waals surface area contributed by atoms with Gasteiger partial charge >= 0.3 is 0 Å². The number of carbonyl (C=O) groups excluding carboxylic acids is 1. The molecular formula is C16H17ClN4O. The monoisotopic (exact) mass is 316 g/mol. The standard InChI is InChI=1S/C16H17ClN4O/c1-3-9-21-13-8-6-5-7-12(13)20(4-2)16(22)11-10-14(17)18-19-15(11)21/h5-8,10H,3-4,9H2,1-2H3. The number of carbonyl (C=O) groups is 1. The Hall–Kier alpha value is -2.14. The number of halogens is 1. The molecule has 2 heterocycles. The van der Waals surface area contributed by atoms with Crippen molar-refractivity contribution in [1.82, 2.24) is 10.2 Å². The van der Waals surface area contributed by atoms with Crippen LogP contribution in [-0.2, 0) is 0 Å². The lowest BCUT2D eigenvalue weighted by Crippen LogP contribution is -2.30. The third-order valence-corrected chi connectivity index (χ3v) is 3.89. The minimum absolute atomic E-state index is 0.0969. The Kier molecular flexibility index (Phi) is 3.98. The van der Waals surface area contributed by atoms with Crippen LogP contribution in [0.25, 0.3) is 0 Å². The van der Waals surface area contributed by atoms with Crippen LogP contribution in [0.5, 0.6) is 0 Å². The fourth-order valence-corrected chi connectivity index (χ4v) is 2.92. The second-order valence-corrected chi connectivity index (χ2v) is 5.48. The van der Waals surface area contributed by atoms with E-state index >= 15 is 0 Å². The van der Waals surface area contributed by atoms with Crippen LogP contribution in [0.4, 0.5) is 17.2 Å². The Labute approximate surface area is 134 Å². The van der Waals surface area contributed by atoms with E-state index in [0.29, 0.717) is 17.9 Å². The van der Waals surface area contributed by atoms with Gasteiger partial charge in [0.05, 0.1) is 16.9 Å². The maximum atomic E-state index is 12.9. The number of amides is 1. The van der Waals surface area contributed by atoms with Crippen molar-refractivity contribution in [3.05, 3.63) is 41.0 Å². The SMILES string of the molecule is CCCN1c2ccccc2N(CC)C(=O)c2cc(Cl)nnc21. The summed E-state index contributed by atoms with van der Waals surface area (Å²) in [6.07, 6.45) is 0.929. The average molecular weight is 317 g/mol. The lowest BCUT2D eigenvalue weighted by atomic mass is 10.2. The second kappa shape index (κ2) is 5.93. The highest BCUT2D eigenvalue weighted by Gasteiger charge is 2.31. The van der Waals surface area contributed by atoms with Gasteiger partial charge in [-0.15, -0.1) is 10.2 Å². The smallest absolute Gasteiger partial charge is 0.262 e. The Morgan fingerprint density at radius 3 is 2.41 bits per heavy atom. The van der Waals surface area contributed by atoms with Crippen molar-refractivity contribution in [3.8, 4) is 0 Å². The first-order chi connectivity index (χ1) is 10.7. The van der Waals surface area contributed by atoms with Crippen LogP contribution in [0.1, 0.15) is 30.6 Å². The Morgan fingerprint density at radius 1 is 1.09 bits per heavy atom. The highest BCUT2D eigenvalue weighted by molar-refractivity contribution is 6.30. The largest absolute Gasteiger partial charge is 0.322 e. The Bertz CT molecular complexity index is 719. The molecule has 2 aromatic rings. The van der Waals surface area contributed by atoms with Crippen LogP contribution >= 0.6 is 11.6 Å². The van der Waals surface area contributed by atoms with E-state index in [-0.39, 0.29) is 11.1 Å². The van der Waals surface area contributed by atoms with Gasteiger partial charge in [-0.1, -0.05) is 30.7 Å². The van der Waals surface area contributed by atoms with Gasteiger partial charge in [-0.2, -0.15) is 0 Å². The normalized spacial score (nSPS) is 13.7. The van der Waals surface area contributed by atoms with Gasteiger partial charge in [-0.05, 0) is 31.5 Å². The molecule has 5 nitrogen and oxygen atoms in total. The number of hydrogen-bond acceptors (Lipinski definition) is 4. The fraction of sp³-hybridized carbons (Fsp3) is 0.312. The molecule has 0 unspecified atom stereocenters. The molecule has 3 rings (SSSR count). The molecule has 0 aliphatic carbocycles. The van der Waals surface area contributed by atoms with E-state index in [2.05, 4.69) is 17.1 Å². The summed E-state index contributed by atoms with van der Waals surface area (Å²) < 4.78 is 0. The maximum absolute atomic E-state index is 12.9. The van der Waals surface area contributed by atoms with Gasteiger partial charge in [0.15, 0.2) is 11.0 Å². The van der Waals surface area contributed by atoms with Crippen molar-refractivity contribution >= 4 is 34.7 Å². The second-order valence-electron chi connectivity index (χ2n) is 5.09. The highest BCUT2D eigenvalue weighted by atomic mass is 35.5. The molecule has 0 atom stereocenters. The molecular weight excluding hydrogens is 300 g/mol. The molecule has 0 saturated carbocycles. The lowest BCUT2D eigenvalue weighted by molar-refractivity contribution is 0.0989. The predicted molar refractivity (Wildman–Crippen MR) is 88.1 cm³/mol. The van der Waals surface area contributed by atoms with Gasteiger partial charge in [0.1, 0.15) is 0 Å². The molecule has 0 N–H and O–H groups in total. The zero-order chi connectivity index (χ0) is 15.7. The van der Waals surface area contributed by atoms with Crippen LogP contribution in [-0.4, -0.2) is 29.2 Å². The average Bonchev–Trinajstić information content (AvgIpc) is 2.62. The molecule has 114 valence electrons. The number of hydrogen-bond donors (Lipinski definition) is 0. The van der Waals surface area contributed by atoms with E-state index in [1.54, 1.807) is 11.0 Å². The molecule has 1 aromatic carbocycles. The van der Waals surface area contributed by atoms with E-state index in [9.17, 15) is 4.79 Å². The van der Waals surface area contributed by atoms with Crippen molar-refractivity contribution in [3.63, 3.8) is 0 Å². The summed E-state index contributed by atoms with van der Waals surface area (Å²) in [5, 5.41) is 8.35. The number of fused-ring (bicyclic) bond motifs is 2. The molecule has 0 bridgehead atoms. The number of aromatic nitrogens is 2. The summed E-state index contributed by atoms with van der Waals surface area (Å²) in [5.74, 6) is 0.472. The minimum Gasteiger partial charge on any atom is -0.322 e. The van der Waals surface area contributed by atoms with Crippen molar-refractivity contribution in [2.75, 3.05) is 22.9 Å². The summed E-state index contributed by atoms with van der Waals surface area (Å²) in [6, 6.07) is 9.47.